The molecule has 1 aliphatic rings. The number of nitriles is 1. The summed E-state index contributed by atoms with van der Waals surface area (Å²) >= 11 is 11.9. The van der Waals surface area contributed by atoms with E-state index in [1.54, 1.807) is 29.2 Å². The molecule has 1 fully saturated rings. The first kappa shape index (κ1) is 19.6. The van der Waals surface area contributed by atoms with Crippen LogP contribution in [0.4, 0.5) is 0 Å². The third-order valence-corrected chi connectivity index (χ3v) is 6.91. The van der Waals surface area contributed by atoms with Gasteiger partial charge in [-0.1, -0.05) is 23.2 Å². The minimum Gasteiger partial charge on any atom is -0.336 e. The molecular formula is C18H15Cl2N3O3S. The molecule has 1 aliphatic heterocycles. The third kappa shape index (κ3) is 4.09. The lowest BCUT2D eigenvalue weighted by Crippen LogP contribution is -2.50. The monoisotopic (exact) mass is 423 g/mol. The van der Waals surface area contributed by atoms with Crippen LogP contribution in [-0.4, -0.2) is 49.7 Å². The van der Waals surface area contributed by atoms with Crippen LogP contribution in [0.5, 0.6) is 0 Å². The maximum absolute atomic E-state index is 12.8. The maximum atomic E-state index is 12.8. The molecule has 0 unspecified atom stereocenters. The molecule has 0 spiro atoms. The predicted octanol–water partition coefficient (Wildman–Crippen LogP) is 3.01. The highest BCUT2D eigenvalue weighted by molar-refractivity contribution is 7.89. The summed E-state index contributed by atoms with van der Waals surface area (Å²) in [6, 6.07) is 12.6. The van der Waals surface area contributed by atoms with Crippen molar-refractivity contribution in [2.45, 2.75) is 4.90 Å². The summed E-state index contributed by atoms with van der Waals surface area (Å²) in [6.45, 7) is 0.840. The zero-order valence-corrected chi connectivity index (χ0v) is 16.4. The Balaban J connectivity index is 1.72. The SMILES string of the molecule is N#Cc1ccc(C(=O)N2CCN(S(=O)(=O)c3cc(Cl)ccc3Cl)CC2)cc1. The molecule has 27 heavy (non-hydrogen) atoms. The fraction of sp³-hybridized carbons (Fsp3) is 0.222. The van der Waals surface area contributed by atoms with E-state index < -0.39 is 10.0 Å². The van der Waals surface area contributed by atoms with Crippen molar-refractivity contribution in [2.24, 2.45) is 0 Å². The molecule has 0 aliphatic carbocycles. The topological polar surface area (TPSA) is 81.5 Å². The van der Waals surface area contributed by atoms with Crippen molar-refractivity contribution in [1.29, 1.82) is 5.26 Å². The number of rotatable bonds is 3. The molecule has 0 bridgehead atoms. The zero-order valence-electron chi connectivity index (χ0n) is 14.1. The van der Waals surface area contributed by atoms with Gasteiger partial charge in [-0.15, -0.1) is 0 Å². The van der Waals surface area contributed by atoms with Gasteiger partial charge in [-0.3, -0.25) is 4.79 Å². The second-order valence-electron chi connectivity index (χ2n) is 5.96. The van der Waals surface area contributed by atoms with Crippen LogP contribution in [0.2, 0.25) is 10.0 Å². The Hall–Kier alpha value is -2.11. The molecule has 140 valence electrons. The number of piperazine rings is 1. The molecule has 2 aromatic carbocycles. The minimum absolute atomic E-state index is 0.0384. The van der Waals surface area contributed by atoms with E-state index in [1.165, 1.54) is 22.5 Å². The van der Waals surface area contributed by atoms with Gasteiger partial charge in [-0.05, 0) is 42.5 Å². The van der Waals surface area contributed by atoms with Gasteiger partial charge in [0, 0.05) is 36.8 Å². The molecule has 0 N–H and O–H groups in total. The van der Waals surface area contributed by atoms with Gasteiger partial charge in [-0.25, -0.2) is 8.42 Å². The normalized spacial score (nSPS) is 15.4. The van der Waals surface area contributed by atoms with Crippen molar-refractivity contribution < 1.29 is 13.2 Å². The van der Waals surface area contributed by atoms with Crippen LogP contribution in [-0.2, 0) is 10.0 Å². The summed E-state index contributed by atoms with van der Waals surface area (Å²) in [6.07, 6.45) is 0. The van der Waals surface area contributed by atoms with E-state index in [0.29, 0.717) is 11.1 Å². The third-order valence-electron chi connectivity index (χ3n) is 4.30. The summed E-state index contributed by atoms with van der Waals surface area (Å²) < 4.78 is 27.0. The standard InChI is InChI=1S/C18H15Cl2N3O3S/c19-15-5-6-16(20)17(11-15)27(25,26)23-9-7-22(8-10-23)18(24)14-3-1-13(12-21)2-4-14/h1-6,11H,7-10H2. The summed E-state index contributed by atoms with van der Waals surface area (Å²) in [5.41, 5.74) is 0.934. The van der Waals surface area contributed by atoms with Crippen molar-refractivity contribution in [3.63, 3.8) is 0 Å². The Morgan fingerprint density at radius 3 is 2.22 bits per heavy atom. The van der Waals surface area contributed by atoms with Gasteiger partial charge in [0.15, 0.2) is 0 Å². The Bertz CT molecular complexity index is 1010. The van der Waals surface area contributed by atoms with Crippen LogP contribution >= 0.6 is 23.2 Å². The van der Waals surface area contributed by atoms with Gasteiger partial charge in [0.25, 0.3) is 5.91 Å². The molecule has 1 heterocycles. The van der Waals surface area contributed by atoms with Crippen molar-refractivity contribution >= 4 is 39.1 Å². The summed E-state index contributed by atoms with van der Waals surface area (Å²) in [7, 11) is -3.80. The van der Waals surface area contributed by atoms with E-state index in [4.69, 9.17) is 28.5 Å². The van der Waals surface area contributed by atoms with Crippen molar-refractivity contribution in [2.75, 3.05) is 26.2 Å². The Kier molecular flexibility index (Phi) is 5.72. The van der Waals surface area contributed by atoms with E-state index in [9.17, 15) is 13.2 Å². The van der Waals surface area contributed by atoms with Gasteiger partial charge in [0.2, 0.25) is 10.0 Å². The fourth-order valence-electron chi connectivity index (χ4n) is 2.82. The molecule has 0 atom stereocenters. The van der Waals surface area contributed by atoms with Crippen LogP contribution in [0.3, 0.4) is 0 Å². The van der Waals surface area contributed by atoms with Gasteiger partial charge in [0.05, 0.1) is 16.7 Å². The quantitative estimate of drug-likeness (QED) is 0.759. The van der Waals surface area contributed by atoms with Crippen molar-refractivity contribution in [1.82, 2.24) is 9.21 Å². The molecule has 9 heteroatoms. The lowest BCUT2D eigenvalue weighted by Gasteiger charge is -2.34. The number of amides is 1. The van der Waals surface area contributed by atoms with Crippen molar-refractivity contribution in [3.05, 3.63) is 63.6 Å². The van der Waals surface area contributed by atoms with Crippen LogP contribution in [0, 0.1) is 11.3 Å². The zero-order chi connectivity index (χ0) is 19.6. The summed E-state index contributed by atoms with van der Waals surface area (Å²) in [5, 5.41) is 9.22. The number of carbonyl (C=O) groups is 1. The highest BCUT2D eigenvalue weighted by atomic mass is 35.5. The van der Waals surface area contributed by atoms with Crippen molar-refractivity contribution in [3.8, 4) is 6.07 Å². The van der Waals surface area contributed by atoms with Gasteiger partial charge in [-0.2, -0.15) is 9.57 Å². The Morgan fingerprint density at radius 1 is 1.00 bits per heavy atom. The maximum Gasteiger partial charge on any atom is 0.253 e. The minimum atomic E-state index is -3.80. The lowest BCUT2D eigenvalue weighted by atomic mass is 10.1. The van der Waals surface area contributed by atoms with Gasteiger partial charge in [0.1, 0.15) is 4.90 Å². The molecule has 1 saturated heterocycles. The van der Waals surface area contributed by atoms with Gasteiger partial charge >= 0.3 is 0 Å². The highest BCUT2D eigenvalue weighted by Gasteiger charge is 2.31. The molecule has 0 saturated carbocycles. The summed E-state index contributed by atoms with van der Waals surface area (Å²) in [5.74, 6) is -0.197. The molecule has 1 amide bonds. The highest BCUT2D eigenvalue weighted by Crippen LogP contribution is 2.28. The van der Waals surface area contributed by atoms with Crippen LogP contribution in [0.1, 0.15) is 15.9 Å². The average molecular weight is 424 g/mol. The predicted molar refractivity (Wildman–Crippen MR) is 102 cm³/mol. The lowest BCUT2D eigenvalue weighted by molar-refractivity contribution is 0.0698. The van der Waals surface area contributed by atoms with E-state index in [2.05, 4.69) is 0 Å². The molecule has 0 aromatic heterocycles. The average Bonchev–Trinajstić information content (AvgIpc) is 2.69. The number of benzene rings is 2. The first-order valence-corrected chi connectivity index (χ1v) is 10.3. The summed E-state index contributed by atoms with van der Waals surface area (Å²) in [4.78, 5) is 14.1. The van der Waals surface area contributed by atoms with Gasteiger partial charge < -0.3 is 4.90 Å². The number of carbonyl (C=O) groups excluding carboxylic acids is 1. The van der Waals surface area contributed by atoms with Crippen LogP contribution < -0.4 is 0 Å². The molecule has 3 rings (SSSR count). The number of halogens is 2. The Labute approximate surface area is 167 Å². The number of hydrogen-bond donors (Lipinski definition) is 0. The molecule has 0 radical (unpaired) electrons. The second-order valence-corrected chi connectivity index (χ2v) is 8.71. The Morgan fingerprint density at radius 2 is 1.63 bits per heavy atom. The number of hydrogen-bond acceptors (Lipinski definition) is 4. The number of nitrogens with zero attached hydrogens (tertiary/aromatic N) is 3. The fourth-order valence-corrected chi connectivity index (χ4v) is 4.97. The number of sulfonamides is 1. The molecule has 2 aromatic rings. The first-order valence-electron chi connectivity index (χ1n) is 8.07. The van der Waals surface area contributed by atoms with Crippen LogP contribution in [0.15, 0.2) is 47.4 Å². The smallest absolute Gasteiger partial charge is 0.253 e. The molecule has 6 nitrogen and oxygen atoms in total. The molecular weight excluding hydrogens is 409 g/mol. The van der Waals surface area contributed by atoms with E-state index >= 15 is 0 Å². The van der Waals surface area contributed by atoms with E-state index in [1.807, 2.05) is 6.07 Å². The second kappa shape index (κ2) is 7.87. The first-order chi connectivity index (χ1) is 12.8. The van der Waals surface area contributed by atoms with Crippen LogP contribution in [0.25, 0.3) is 0 Å². The largest absolute Gasteiger partial charge is 0.336 e. The van der Waals surface area contributed by atoms with E-state index in [-0.39, 0.29) is 47.0 Å². The van der Waals surface area contributed by atoms with E-state index in [0.717, 1.165) is 0 Å².